The van der Waals surface area contributed by atoms with Crippen LogP contribution in [0.4, 0.5) is 5.82 Å². The van der Waals surface area contributed by atoms with Crippen LogP contribution in [-0.4, -0.2) is 63.4 Å². The van der Waals surface area contributed by atoms with E-state index in [4.69, 9.17) is 33.7 Å². The van der Waals surface area contributed by atoms with Crippen molar-refractivity contribution in [2.24, 2.45) is 5.41 Å². The molecule has 50 heavy (non-hydrogen) atoms. The van der Waals surface area contributed by atoms with Crippen molar-refractivity contribution in [2.75, 3.05) is 12.3 Å². The Morgan fingerprint density at radius 3 is 2.68 bits per heavy atom. The fraction of sp³-hybridized carbons (Fsp3) is 0.486. The maximum Gasteiger partial charge on any atom is 0.459 e. The van der Waals surface area contributed by atoms with Gasteiger partial charge in [0.25, 0.3) is 0 Å². The molecule has 4 fully saturated rings. The van der Waals surface area contributed by atoms with Crippen LogP contribution < -0.4 is 15.3 Å². The van der Waals surface area contributed by atoms with Gasteiger partial charge in [0.2, 0.25) is 5.60 Å². The largest absolute Gasteiger partial charge is 0.461 e. The molecule has 2 aromatic carbocycles. The number of nitriles is 1. The summed E-state index contributed by atoms with van der Waals surface area (Å²) in [4.78, 5) is 17.3. The van der Waals surface area contributed by atoms with Crippen LogP contribution in [0.25, 0.3) is 16.3 Å². The second kappa shape index (κ2) is 12.0. The van der Waals surface area contributed by atoms with Crippen molar-refractivity contribution >= 4 is 35.8 Å². The van der Waals surface area contributed by atoms with Crippen LogP contribution in [0.5, 0.6) is 5.75 Å². The van der Waals surface area contributed by atoms with Crippen molar-refractivity contribution in [1.82, 2.24) is 19.7 Å². The van der Waals surface area contributed by atoms with E-state index in [1.807, 2.05) is 30.3 Å². The Bertz CT molecular complexity index is 2050. The van der Waals surface area contributed by atoms with E-state index >= 15 is 0 Å². The number of esters is 1. The number of ether oxygens (including phenoxy) is 4. The van der Waals surface area contributed by atoms with E-state index in [0.717, 1.165) is 18.2 Å². The van der Waals surface area contributed by atoms with Crippen molar-refractivity contribution in [2.45, 2.75) is 94.7 Å². The summed E-state index contributed by atoms with van der Waals surface area (Å²) in [6, 6.07) is 17.5. The minimum absolute atomic E-state index is 0.164. The van der Waals surface area contributed by atoms with E-state index < -0.39 is 49.5 Å². The Hall–Kier alpha value is -4.09. The number of hydrogen-bond acceptors (Lipinski definition) is 12. The molecule has 1 unspecified atom stereocenters. The summed E-state index contributed by atoms with van der Waals surface area (Å²) in [5, 5.41) is 19.4. The zero-order chi connectivity index (χ0) is 34.9. The van der Waals surface area contributed by atoms with Gasteiger partial charge in [-0.25, -0.2) is 14.1 Å². The number of anilines is 1. The second-order valence-corrected chi connectivity index (χ2v) is 15.9. The standard InChI is InChI=1S/C35H39N6O8P/c1-21(32(42)45-23-16-34(17-23)14-7-15-34)40-50(43,49-26-11-6-9-22-8-4-5-10-24(22)26)44-18-27-29-30(48-33(2,3)47-29)35(19-36,46-27)28-13-12-25-31(37)38-20-39-41(25)28/h4-6,8-13,20-21,23,27,29-30H,7,14-18H2,1-3H3,(H,40,43)(H2,37,38,39)/t21-,27+,29+,30+,35-,50?/m0/s1. The van der Waals surface area contributed by atoms with Crippen LogP contribution in [0.1, 0.15) is 58.6 Å². The fourth-order valence-corrected chi connectivity index (χ4v) is 9.28. The number of benzene rings is 2. The molecular formula is C35H39N6O8P. The number of hydrogen-bond donors (Lipinski definition) is 2. The van der Waals surface area contributed by atoms with Gasteiger partial charge in [0.05, 0.1) is 12.3 Å². The number of nitrogen functional groups attached to an aromatic ring is 1. The van der Waals surface area contributed by atoms with Gasteiger partial charge in [-0.2, -0.15) is 15.4 Å². The number of fused-ring (bicyclic) bond motifs is 3. The van der Waals surface area contributed by atoms with Gasteiger partial charge in [0.15, 0.2) is 11.6 Å². The van der Waals surface area contributed by atoms with Crippen molar-refractivity contribution in [1.29, 1.82) is 5.26 Å². The minimum Gasteiger partial charge on any atom is -0.461 e. The molecule has 0 radical (unpaired) electrons. The van der Waals surface area contributed by atoms with Gasteiger partial charge in [-0.15, -0.1) is 0 Å². The molecule has 6 atom stereocenters. The first-order chi connectivity index (χ1) is 23.9. The van der Waals surface area contributed by atoms with Crippen LogP contribution in [0.2, 0.25) is 0 Å². The SMILES string of the molecule is C[C@H](NP(=O)(OC[C@H]1O[C@@](C#N)(c2ccc3c(N)ncnn23)[C@@H]2OC(C)(C)O[C@@H]21)Oc1cccc2ccccc12)C(=O)OC1CC2(CCC2)C1. The number of aromatic nitrogens is 3. The van der Waals surface area contributed by atoms with E-state index in [-0.39, 0.29) is 18.5 Å². The molecular weight excluding hydrogens is 663 g/mol. The average molecular weight is 703 g/mol. The Kier molecular flexibility index (Phi) is 7.95. The lowest BCUT2D eigenvalue weighted by Crippen LogP contribution is -2.49. The summed E-state index contributed by atoms with van der Waals surface area (Å²) in [5.74, 6) is -1.12. The van der Waals surface area contributed by atoms with E-state index in [9.17, 15) is 14.6 Å². The minimum atomic E-state index is -4.34. The van der Waals surface area contributed by atoms with E-state index in [2.05, 4.69) is 21.2 Å². The molecule has 2 saturated heterocycles. The number of carbonyl (C=O) groups is 1. The normalized spacial score (nSPS) is 28.3. The summed E-state index contributed by atoms with van der Waals surface area (Å²) in [6.45, 7) is 4.68. The van der Waals surface area contributed by atoms with Gasteiger partial charge < -0.3 is 29.2 Å². The lowest BCUT2D eigenvalue weighted by molar-refractivity contribution is -0.204. The third-order valence-corrected chi connectivity index (χ3v) is 12.0. The molecule has 3 N–H and O–H groups in total. The first-order valence-electron chi connectivity index (χ1n) is 16.9. The number of nitrogens with two attached hydrogens (primary N) is 1. The molecule has 0 amide bonds. The third kappa shape index (κ3) is 5.62. The number of carbonyl (C=O) groups excluding carboxylic acids is 1. The second-order valence-electron chi connectivity index (χ2n) is 14.2. The monoisotopic (exact) mass is 702 g/mol. The fourth-order valence-electron chi connectivity index (χ4n) is 7.76. The maximum absolute atomic E-state index is 14.7. The lowest BCUT2D eigenvalue weighted by Gasteiger charge is -2.53. The number of rotatable bonds is 10. The molecule has 2 aromatic heterocycles. The summed E-state index contributed by atoms with van der Waals surface area (Å²) in [5.41, 5.74) is 5.53. The Morgan fingerprint density at radius 1 is 1.14 bits per heavy atom. The van der Waals surface area contributed by atoms with Gasteiger partial charge in [-0.1, -0.05) is 42.8 Å². The van der Waals surface area contributed by atoms with Gasteiger partial charge in [-0.3, -0.25) is 9.32 Å². The molecule has 4 aliphatic rings. The zero-order valence-corrected chi connectivity index (χ0v) is 28.9. The summed E-state index contributed by atoms with van der Waals surface area (Å²) in [6.07, 6.45) is 3.67. The predicted molar refractivity (Wildman–Crippen MR) is 180 cm³/mol. The van der Waals surface area contributed by atoms with Gasteiger partial charge >= 0.3 is 13.7 Å². The molecule has 0 bridgehead atoms. The maximum atomic E-state index is 14.7. The van der Waals surface area contributed by atoms with Crippen LogP contribution in [0.15, 0.2) is 60.9 Å². The zero-order valence-electron chi connectivity index (χ0n) is 28.0. The molecule has 1 spiro atoms. The van der Waals surface area contributed by atoms with E-state index in [0.29, 0.717) is 27.8 Å². The van der Waals surface area contributed by atoms with Crippen LogP contribution in [-0.2, 0) is 38.4 Å². The van der Waals surface area contributed by atoms with Crippen LogP contribution in [0, 0.1) is 16.7 Å². The van der Waals surface area contributed by atoms with Gasteiger partial charge in [-0.05, 0) is 75.5 Å². The highest BCUT2D eigenvalue weighted by Crippen LogP contribution is 2.57. The number of nitrogens with one attached hydrogen (secondary N) is 1. The van der Waals surface area contributed by atoms with Gasteiger partial charge in [0, 0.05) is 5.39 Å². The molecule has 2 saturated carbocycles. The molecule has 262 valence electrons. The quantitative estimate of drug-likeness (QED) is 0.164. The smallest absolute Gasteiger partial charge is 0.459 e. The average Bonchev–Trinajstić information content (AvgIpc) is 3.71. The van der Waals surface area contributed by atoms with Crippen molar-refractivity contribution < 1.29 is 37.4 Å². The Balaban J connectivity index is 1.07. The Labute approximate surface area is 288 Å². The molecule has 15 heteroatoms. The van der Waals surface area contributed by atoms with E-state index in [1.54, 1.807) is 45.0 Å². The summed E-state index contributed by atoms with van der Waals surface area (Å²) < 4.78 is 53.3. The summed E-state index contributed by atoms with van der Waals surface area (Å²) >= 11 is 0. The molecule has 8 rings (SSSR count). The first-order valence-corrected chi connectivity index (χ1v) is 18.4. The molecule has 2 aliphatic carbocycles. The molecule has 4 heterocycles. The molecule has 14 nitrogen and oxygen atoms in total. The highest BCUT2D eigenvalue weighted by Gasteiger charge is 2.65. The molecule has 4 aromatic rings. The van der Waals surface area contributed by atoms with Gasteiger partial charge in [0.1, 0.15) is 54.1 Å². The first kappa shape index (κ1) is 33.1. The van der Waals surface area contributed by atoms with Crippen molar-refractivity contribution in [3.05, 3.63) is 66.6 Å². The Morgan fingerprint density at radius 2 is 1.92 bits per heavy atom. The highest BCUT2D eigenvalue weighted by molar-refractivity contribution is 7.52. The van der Waals surface area contributed by atoms with Crippen molar-refractivity contribution in [3.63, 3.8) is 0 Å². The van der Waals surface area contributed by atoms with E-state index in [1.165, 1.54) is 30.1 Å². The summed E-state index contributed by atoms with van der Waals surface area (Å²) in [7, 11) is -4.34. The topological polar surface area (TPSA) is 182 Å². The third-order valence-electron chi connectivity index (χ3n) is 10.4. The highest BCUT2D eigenvalue weighted by atomic mass is 31.2. The molecule has 2 aliphatic heterocycles. The lowest BCUT2D eigenvalue weighted by atomic mass is 9.55. The van der Waals surface area contributed by atoms with Crippen molar-refractivity contribution in [3.8, 4) is 11.8 Å². The van der Waals surface area contributed by atoms with Crippen LogP contribution in [0.3, 0.4) is 0 Å². The predicted octanol–water partition coefficient (Wildman–Crippen LogP) is 5.16. The van der Waals surface area contributed by atoms with Crippen LogP contribution >= 0.6 is 7.75 Å². The number of nitrogens with zero attached hydrogens (tertiary/aromatic N) is 4.